The Labute approximate surface area is 84.5 Å². The molecule has 0 aromatic carbocycles. The fraction of sp³-hybridized carbons (Fsp3) is 0.750. The van der Waals surface area contributed by atoms with E-state index in [0.29, 0.717) is 6.61 Å². The largest absolute Gasteiger partial charge is 0.399 e. The second-order valence-electron chi connectivity index (χ2n) is 2.22. The summed E-state index contributed by atoms with van der Waals surface area (Å²) < 4.78 is 21.8. The maximum atomic E-state index is 11.9. The molecule has 6 heteroatoms. The minimum atomic E-state index is -3.38. The van der Waals surface area contributed by atoms with Crippen molar-refractivity contribution >= 4 is 7.60 Å². The van der Waals surface area contributed by atoms with Crippen molar-refractivity contribution in [2.45, 2.75) is 20.8 Å². The molecule has 0 bridgehead atoms. The molecule has 0 atom stereocenters. The van der Waals surface area contributed by atoms with Gasteiger partial charge in [0.25, 0.3) is 0 Å². The highest BCUT2D eigenvalue weighted by molar-refractivity contribution is 7.58. The summed E-state index contributed by atoms with van der Waals surface area (Å²) in [6.45, 7) is 9.43. The van der Waals surface area contributed by atoms with Crippen LogP contribution in [0.4, 0.5) is 0 Å². The molecule has 84 valence electrons. The molecule has 0 aliphatic heterocycles. The van der Waals surface area contributed by atoms with Crippen molar-refractivity contribution in [2.75, 3.05) is 19.8 Å². The first-order valence-electron chi connectivity index (χ1n) is 4.48. The second-order valence-corrected chi connectivity index (χ2v) is 4.23. The third-order valence-electron chi connectivity index (χ3n) is 1.18. The van der Waals surface area contributed by atoms with Crippen LogP contribution in [0.2, 0.25) is 0 Å². The van der Waals surface area contributed by atoms with Crippen LogP contribution in [0.3, 0.4) is 0 Å². The van der Waals surface area contributed by atoms with Gasteiger partial charge < -0.3 is 13.9 Å². The number of rotatable bonds is 8. The van der Waals surface area contributed by atoms with E-state index >= 15 is 0 Å². The van der Waals surface area contributed by atoms with Gasteiger partial charge in [-0.05, 0) is 27.4 Å². The summed E-state index contributed by atoms with van der Waals surface area (Å²) in [6.07, 6.45) is 0. The molecule has 0 spiro atoms. The highest BCUT2D eigenvalue weighted by atomic mass is 31.2. The van der Waals surface area contributed by atoms with Gasteiger partial charge in [0, 0.05) is 0 Å². The van der Waals surface area contributed by atoms with Crippen LogP contribution < -0.4 is 0 Å². The Morgan fingerprint density at radius 1 is 1.14 bits per heavy atom. The first-order chi connectivity index (χ1) is 6.60. The van der Waals surface area contributed by atoms with Gasteiger partial charge in [0.1, 0.15) is 0 Å². The van der Waals surface area contributed by atoms with Crippen LogP contribution in [0.5, 0.6) is 0 Å². The quantitative estimate of drug-likeness (QED) is 0.274. The topological polar surface area (TPSA) is 54.0 Å². The molecule has 0 saturated heterocycles. The van der Waals surface area contributed by atoms with Crippen molar-refractivity contribution in [1.82, 2.24) is 0 Å². The second kappa shape index (κ2) is 7.01. The summed E-state index contributed by atoms with van der Waals surface area (Å²) in [6, 6.07) is 0. The molecule has 5 nitrogen and oxygen atoms in total. The van der Waals surface area contributed by atoms with Crippen LogP contribution >= 0.6 is 7.60 Å². The fourth-order valence-corrected chi connectivity index (χ4v) is 1.88. The molecule has 0 fully saturated rings. The lowest BCUT2D eigenvalue weighted by atomic mass is 10.9. The summed E-state index contributed by atoms with van der Waals surface area (Å²) in [5.41, 5.74) is -0.122. The maximum Gasteiger partial charge on any atom is 0.399 e. The summed E-state index contributed by atoms with van der Waals surface area (Å²) >= 11 is 0. The molecule has 0 rings (SSSR count). The average Bonchev–Trinajstić information content (AvgIpc) is 2.15. The van der Waals surface area contributed by atoms with Crippen molar-refractivity contribution in [1.29, 1.82) is 0 Å². The van der Waals surface area contributed by atoms with E-state index in [4.69, 9.17) is 9.05 Å². The predicted octanol–water partition coefficient (Wildman–Crippen LogP) is 2.69. The maximum absolute atomic E-state index is 11.9. The lowest BCUT2D eigenvalue weighted by Crippen LogP contribution is -2.01. The van der Waals surface area contributed by atoms with Gasteiger partial charge >= 0.3 is 7.60 Å². The minimum Gasteiger partial charge on any atom is -0.329 e. The van der Waals surface area contributed by atoms with E-state index in [1.165, 1.54) is 0 Å². The number of hydrogen-bond donors (Lipinski definition) is 0. The van der Waals surface area contributed by atoms with Crippen LogP contribution in [0, 0.1) is 0 Å². The smallest absolute Gasteiger partial charge is 0.329 e. The third kappa shape index (κ3) is 4.24. The van der Waals surface area contributed by atoms with Crippen molar-refractivity contribution in [3.05, 3.63) is 12.1 Å². The van der Waals surface area contributed by atoms with Crippen LogP contribution in [0.15, 0.2) is 12.1 Å². The monoisotopic (exact) mass is 224 g/mol. The van der Waals surface area contributed by atoms with Gasteiger partial charge in [0.15, 0.2) is 0 Å². The molecule has 0 aromatic heterocycles. The van der Waals surface area contributed by atoms with Crippen molar-refractivity contribution in [2.24, 2.45) is 0 Å². The summed E-state index contributed by atoms with van der Waals surface area (Å²) in [5.74, 6) is 0. The van der Waals surface area contributed by atoms with E-state index < -0.39 is 7.60 Å². The first kappa shape index (κ1) is 13.7. The molecule has 0 aliphatic carbocycles. The zero-order chi connectivity index (χ0) is 11.0. The van der Waals surface area contributed by atoms with Gasteiger partial charge in [0.2, 0.25) is 5.50 Å². The molecule has 0 amide bonds. The van der Waals surface area contributed by atoms with E-state index in [-0.39, 0.29) is 18.7 Å². The summed E-state index contributed by atoms with van der Waals surface area (Å²) in [4.78, 5) is 9.26. The molecule has 0 heterocycles. The molecule has 0 saturated carbocycles. The Morgan fingerprint density at radius 2 is 1.64 bits per heavy atom. The van der Waals surface area contributed by atoms with E-state index in [1.54, 1.807) is 20.8 Å². The normalized spacial score (nSPS) is 11.4. The van der Waals surface area contributed by atoms with Gasteiger partial charge in [0.05, 0.1) is 19.8 Å². The Hall–Kier alpha value is -0.350. The Morgan fingerprint density at radius 3 is 2.00 bits per heavy atom. The van der Waals surface area contributed by atoms with Crippen LogP contribution in [-0.2, 0) is 23.4 Å². The van der Waals surface area contributed by atoms with E-state index in [1.807, 2.05) is 0 Å². The van der Waals surface area contributed by atoms with E-state index in [9.17, 15) is 4.57 Å². The van der Waals surface area contributed by atoms with Crippen LogP contribution in [0.25, 0.3) is 0 Å². The summed E-state index contributed by atoms with van der Waals surface area (Å²) in [5, 5.41) is 0. The van der Waals surface area contributed by atoms with Crippen molar-refractivity contribution in [3.8, 4) is 0 Å². The lowest BCUT2D eigenvalue weighted by molar-refractivity contribution is -0.251. The Balaban J connectivity index is 4.31. The van der Waals surface area contributed by atoms with Gasteiger partial charge in [-0.15, -0.1) is 0 Å². The molecule has 0 aromatic rings. The van der Waals surface area contributed by atoms with Gasteiger partial charge in [-0.1, -0.05) is 0 Å². The molecule has 0 aliphatic rings. The summed E-state index contributed by atoms with van der Waals surface area (Å²) in [7, 11) is -3.38. The standard InChI is InChI=1S/C8H17O5P/c1-5-10-13-8(4)14(9,11-6-2)12-7-3/h4-7H2,1-3H3. The van der Waals surface area contributed by atoms with E-state index in [0.717, 1.165) is 0 Å². The highest BCUT2D eigenvalue weighted by Gasteiger charge is 2.31. The molecular weight excluding hydrogens is 207 g/mol. The lowest BCUT2D eigenvalue weighted by Gasteiger charge is -2.17. The van der Waals surface area contributed by atoms with Gasteiger partial charge in [-0.25, -0.2) is 0 Å². The Kier molecular flexibility index (Phi) is 6.83. The molecule has 0 radical (unpaired) electrons. The Bertz CT molecular complexity index is 206. The van der Waals surface area contributed by atoms with E-state index in [2.05, 4.69) is 16.4 Å². The molecule has 0 unspecified atom stereocenters. The molecular formula is C8H17O5P. The van der Waals surface area contributed by atoms with Crippen molar-refractivity contribution < 1.29 is 23.4 Å². The zero-order valence-corrected chi connectivity index (χ0v) is 9.71. The highest BCUT2D eigenvalue weighted by Crippen LogP contribution is 2.55. The fourth-order valence-electron chi connectivity index (χ4n) is 0.694. The molecule has 0 N–H and O–H groups in total. The zero-order valence-electron chi connectivity index (χ0n) is 8.82. The van der Waals surface area contributed by atoms with Crippen LogP contribution in [-0.4, -0.2) is 19.8 Å². The van der Waals surface area contributed by atoms with Crippen LogP contribution in [0.1, 0.15) is 20.8 Å². The average molecular weight is 224 g/mol. The SMILES string of the molecule is C=C(OOCC)P(=O)(OCC)OCC. The molecule has 14 heavy (non-hydrogen) atoms. The van der Waals surface area contributed by atoms with Crippen molar-refractivity contribution in [3.63, 3.8) is 0 Å². The predicted molar refractivity (Wildman–Crippen MR) is 52.7 cm³/mol. The first-order valence-corrected chi connectivity index (χ1v) is 6.03. The minimum absolute atomic E-state index is 0.122. The third-order valence-corrected chi connectivity index (χ3v) is 3.06. The number of hydrogen-bond acceptors (Lipinski definition) is 5. The van der Waals surface area contributed by atoms with Gasteiger partial charge in [-0.2, -0.15) is 4.89 Å². The van der Waals surface area contributed by atoms with Gasteiger partial charge in [-0.3, -0.25) is 4.57 Å².